The molecule has 1 saturated heterocycles. The van der Waals surface area contributed by atoms with Crippen LogP contribution in [0.15, 0.2) is 0 Å². The summed E-state index contributed by atoms with van der Waals surface area (Å²) in [7, 11) is 0. The molecule has 5 nitrogen and oxygen atoms in total. The van der Waals surface area contributed by atoms with E-state index in [9.17, 15) is 9.59 Å². The fraction of sp³-hybridized carbons (Fsp3) is 0.833. The van der Waals surface area contributed by atoms with E-state index in [-0.39, 0.29) is 12.5 Å². The molecule has 17 heavy (non-hydrogen) atoms. The van der Waals surface area contributed by atoms with E-state index in [0.717, 1.165) is 13.0 Å². The van der Waals surface area contributed by atoms with Crippen LogP contribution in [0.4, 0.5) is 0 Å². The molecule has 1 heterocycles. The molecule has 1 rings (SSSR count). The van der Waals surface area contributed by atoms with Gasteiger partial charge in [0.2, 0.25) is 5.91 Å². The average molecular weight is 242 g/mol. The van der Waals surface area contributed by atoms with Crippen molar-refractivity contribution in [2.75, 3.05) is 19.6 Å². The highest BCUT2D eigenvalue weighted by Crippen LogP contribution is 2.20. The number of nitrogens with one attached hydrogen (secondary N) is 1. The van der Waals surface area contributed by atoms with Crippen LogP contribution in [0.2, 0.25) is 0 Å². The van der Waals surface area contributed by atoms with Crippen molar-refractivity contribution in [2.45, 2.75) is 39.2 Å². The maximum atomic E-state index is 11.6. The zero-order chi connectivity index (χ0) is 12.8. The normalized spacial score (nSPS) is 26.2. The number of amides is 1. The van der Waals surface area contributed by atoms with Crippen LogP contribution in [0.1, 0.15) is 33.1 Å². The van der Waals surface area contributed by atoms with Crippen LogP contribution in [0.5, 0.6) is 0 Å². The minimum atomic E-state index is -1.00. The quantitative estimate of drug-likeness (QED) is 0.761. The zero-order valence-corrected chi connectivity index (χ0v) is 10.6. The summed E-state index contributed by atoms with van der Waals surface area (Å²) in [5.41, 5.74) is 0. The summed E-state index contributed by atoms with van der Waals surface area (Å²) in [5.74, 6) is -0.601. The topological polar surface area (TPSA) is 69.6 Å². The van der Waals surface area contributed by atoms with Gasteiger partial charge in [-0.2, -0.15) is 0 Å². The number of carbonyl (C=O) groups excluding carboxylic acids is 1. The second-order valence-electron chi connectivity index (χ2n) is 4.99. The molecule has 0 aliphatic carbocycles. The van der Waals surface area contributed by atoms with E-state index >= 15 is 0 Å². The summed E-state index contributed by atoms with van der Waals surface area (Å²) < 4.78 is 0. The molecule has 1 amide bonds. The van der Waals surface area contributed by atoms with Crippen molar-refractivity contribution < 1.29 is 14.7 Å². The van der Waals surface area contributed by atoms with Crippen molar-refractivity contribution in [2.24, 2.45) is 5.92 Å². The molecule has 5 heteroatoms. The minimum Gasteiger partial charge on any atom is -0.480 e. The fourth-order valence-electron chi connectivity index (χ4n) is 2.25. The number of hydrogen-bond donors (Lipinski definition) is 2. The summed E-state index contributed by atoms with van der Waals surface area (Å²) in [6.45, 7) is 5.25. The monoisotopic (exact) mass is 242 g/mol. The zero-order valence-electron chi connectivity index (χ0n) is 10.6. The number of carboxylic acid groups (broad SMARTS) is 1. The average Bonchev–Trinajstić information content (AvgIpc) is 2.39. The van der Waals surface area contributed by atoms with Crippen LogP contribution < -0.4 is 5.32 Å². The summed E-state index contributed by atoms with van der Waals surface area (Å²) in [6.07, 6.45) is 3.52. The first-order valence-corrected chi connectivity index (χ1v) is 6.21. The van der Waals surface area contributed by atoms with E-state index < -0.39 is 5.97 Å². The number of aliphatic carboxylic acids is 1. The predicted molar refractivity (Wildman–Crippen MR) is 64.7 cm³/mol. The molecule has 0 aromatic rings. The highest BCUT2D eigenvalue weighted by atomic mass is 16.4. The molecule has 0 aromatic carbocycles. The number of likely N-dealkylation sites (tertiary alicyclic amines) is 1. The largest absolute Gasteiger partial charge is 0.480 e. The predicted octanol–water partition coefficient (Wildman–Crippen LogP) is 0.698. The van der Waals surface area contributed by atoms with Crippen molar-refractivity contribution in [1.82, 2.24) is 10.2 Å². The molecule has 0 radical (unpaired) electrons. The molecule has 1 aliphatic heterocycles. The highest BCUT2D eigenvalue weighted by Gasteiger charge is 2.22. The summed E-state index contributed by atoms with van der Waals surface area (Å²) in [4.78, 5) is 24.1. The van der Waals surface area contributed by atoms with Gasteiger partial charge in [-0.1, -0.05) is 13.3 Å². The number of nitrogens with zero attached hydrogens (tertiary/aromatic N) is 1. The Morgan fingerprint density at radius 3 is 2.71 bits per heavy atom. The van der Waals surface area contributed by atoms with Crippen molar-refractivity contribution in [3.05, 3.63) is 0 Å². The van der Waals surface area contributed by atoms with E-state index in [1.165, 1.54) is 12.8 Å². The number of hydrogen-bond acceptors (Lipinski definition) is 3. The third-order valence-electron chi connectivity index (χ3n) is 3.27. The van der Waals surface area contributed by atoms with E-state index in [0.29, 0.717) is 18.5 Å². The number of rotatable bonds is 4. The van der Waals surface area contributed by atoms with Gasteiger partial charge in [0, 0.05) is 12.6 Å². The van der Waals surface area contributed by atoms with Crippen molar-refractivity contribution in [1.29, 1.82) is 0 Å². The molecule has 1 aliphatic rings. The Labute approximate surface area is 102 Å². The lowest BCUT2D eigenvalue weighted by molar-refractivity contribution is -0.138. The van der Waals surface area contributed by atoms with Crippen LogP contribution in [0.25, 0.3) is 0 Å². The maximum Gasteiger partial charge on any atom is 0.322 e. The SMILES string of the molecule is CC1CCCC(C)N(CC(=O)NCC(=O)O)C1. The van der Waals surface area contributed by atoms with Gasteiger partial charge in [-0.25, -0.2) is 0 Å². The van der Waals surface area contributed by atoms with Gasteiger partial charge in [-0.05, 0) is 25.7 Å². The number of carbonyl (C=O) groups is 2. The molecule has 2 unspecified atom stereocenters. The summed E-state index contributed by atoms with van der Waals surface area (Å²) in [6, 6.07) is 0.399. The first-order valence-electron chi connectivity index (χ1n) is 6.21. The lowest BCUT2D eigenvalue weighted by atomic mass is 10.1. The smallest absolute Gasteiger partial charge is 0.322 e. The second kappa shape index (κ2) is 6.59. The van der Waals surface area contributed by atoms with Gasteiger partial charge in [-0.15, -0.1) is 0 Å². The Morgan fingerprint density at radius 1 is 1.35 bits per heavy atom. The van der Waals surface area contributed by atoms with Crippen molar-refractivity contribution in [3.8, 4) is 0 Å². The first kappa shape index (κ1) is 14.0. The van der Waals surface area contributed by atoms with E-state index in [1.54, 1.807) is 0 Å². The van der Waals surface area contributed by atoms with Crippen LogP contribution >= 0.6 is 0 Å². The molecule has 0 saturated carbocycles. The standard InChI is InChI=1S/C12H22N2O3/c1-9-4-3-5-10(2)14(7-9)8-11(15)13-6-12(16)17/h9-10H,3-8H2,1-2H3,(H,13,15)(H,16,17). The Kier molecular flexibility index (Phi) is 5.41. The third-order valence-corrected chi connectivity index (χ3v) is 3.27. The van der Waals surface area contributed by atoms with Crippen LogP contribution in [-0.4, -0.2) is 47.6 Å². The second-order valence-corrected chi connectivity index (χ2v) is 4.99. The van der Waals surface area contributed by atoms with Gasteiger partial charge in [0.15, 0.2) is 0 Å². The molecule has 98 valence electrons. The van der Waals surface area contributed by atoms with Crippen molar-refractivity contribution >= 4 is 11.9 Å². The molecule has 2 atom stereocenters. The van der Waals surface area contributed by atoms with Gasteiger partial charge in [0.1, 0.15) is 6.54 Å². The molecule has 1 fully saturated rings. The van der Waals surface area contributed by atoms with Gasteiger partial charge >= 0.3 is 5.97 Å². The van der Waals surface area contributed by atoms with Crippen LogP contribution in [-0.2, 0) is 9.59 Å². The van der Waals surface area contributed by atoms with E-state index in [1.807, 2.05) is 0 Å². The molecular formula is C12H22N2O3. The Hall–Kier alpha value is -1.10. The Morgan fingerprint density at radius 2 is 2.06 bits per heavy atom. The van der Waals surface area contributed by atoms with Gasteiger partial charge in [0.25, 0.3) is 0 Å². The van der Waals surface area contributed by atoms with Crippen LogP contribution in [0.3, 0.4) is 0 Å². The third kappa shape index (κ3) is 5.17. The molecule has 2 N–H and O–H groups in total. The molecular weight excluding hydrogens is 220 g/mol. The molecule has 0 spiro atoms. The Bertz CT molecular complexity index is 281. The van der Waals surface area contributed by atoms with E-state index in [2.05, 4.69) is 24.1 Å². The van der Waals surface area contributed by atoms with E-state index in [4.69, 9.17) is 5.11 Å². The van der Waals surface area contributed by atoms with Gasteiger partial charge in [0.05, 0.1) is 6.54 Å². The van der Waals surface area contributed by atoms with Crippen LogP contribution in [0, 0.1) is 5.92 Å². The Balaban J connectivity index is 2.41. The molecule has 0 aromatic heterocycles. The highest BCUT2D eigenvalue weighted by molar-refractivity contribution is 5.82. The minimum absolute atomic E-state index is 0.201. The van der Waals surface area contributed by atoms with Crippen molar-refractivity contribution in [3.63, 3.8) is 0 Å². The first-order chi connectivity index (χ1) is 7.99. The number of carboxylic acids is 1. The molecule has 0 bridgehead atoms. The lowest BCUT2D eigenvalue weighted by Gasteiger charge is -2.27. The maximum absolute atomic E-state index is 11.6. The lowest BCUT2D eigenvalue weighted by Crippen LogP contribution is -2.43. The summed E-state index contributed by atoms with van der Waals surface area (Å²) in [5, 5.41) is 10.9. The fourth-order valence-corrected chi connectivity index (χ4v) is 2.25. The van der Waals surface area contributed by atoms with Gasteiger partial charge in [-0.3, -0.25) is 14.5 Å². The van der Waals surface area contributed by atoms with Gasteiger partial charge < -0.3 is 10.4 Å². The summed E-state index contributed by atoms with van der Waals surface area (Å²) >= 11 is 0.